The first kappa shape index (κ1) is 18.4. The Bertz CT molecular complexity index is 1060. The van der Waals surface area contributed by atoms with Gasteiger partial charge in [-0.15, -0.1) is 0 Å². The van der Waals surface area contributed by atoms with E-state index >= 15 is 0 Å². The number of aryl methyl sites for hydroxylation is 2. The number of nitrogens with zero attached hydrogens (tertiary/aromatic N) is 2. The Labute approximate surface area is 159 Å². The van der Waals surface area contributed by atoms with Crippen molar-refractivity contribution in [1.82, 2.24) is 4.57 Å². The van der Waals surface area contributed by atoms with Crippen LogP contribution in [-0.2, 0) is 16.1 Å². The van der Waals surface area contributed by atoms with Crippen LogP contribution in [0.25, 0.3) is 10.2 Å². The predicted molar refractivity (Wildman–Crippen MR) is 103 cm³/mol. The molecule has 0 saturated heterocycles. The van der Waals surface area contributed by atoms with E-state index in [1.807, 2.05) is 26.0 Å². The number of halogens is 1. The molecular formula is C19H17ClN2O3S. The molecule has 134 valence electrons. The quantitative estimate of drug-likeness (QED) is 0.639. The molecule has 1 aromatic heterocycles. The van der Waals surface area contributed by atoms with Crippen LogP contribution in [0.4, 0.5) is 0 Å². The Morgan fingerprint density at radius 1 is 1.19 bits per heavy atom. The summed E-state index contributed by atoms with van der Waals surface area (Å²) in [6.45, 7) is 3.97. The topological polar surface area (TPSA) is 60.7 Å². The second-order valence-electron chi connectivity index (χ2n) is 5.90. The summed E-state index contributed by atoms with van der Waals surface area (Å²) in [5, 5.41) is 0.551. The minimum absolute atomic E-state index is 0.00681. The summed E-state index contributed by atoms with van der Waals surface area (Å²) in [7, 11) is 1.34. The van der Waals surface area contributed by atoms with Crippen molar-refractivity contribution in [3.05, 3.63) is 62.9 Å². The lowest BCUT2D eigenvalue weighted by molar-refractivity contribution is -0.141. The Morgan fingerprint density at radius 3 is 2.54 bits per heavy atom. The van der Waals surface area contributed by atoms with Gasteiger partial charge in [0, 0.05) is 10.6 Å². The van der Waals surface area contributed by atoms with Crippen molar-refractivity contribution in [2.75, 3.05) is 7.11 Å². The van der Waals surface area contributed by atoms with Crippen molar-refractivity contribution in [1.29, 1.82) is 0 Å². The number of hydrogen-bond acceptors (Lipinski definition) is 4. The SMILES string of the molecule is COC(=O)Cn1c(=NC(=O)c2ccc(Cl)cc2)sc2cc(C)cc(C)c21. The summed E-state index contributed by atoms with van der Waals surface area (Å²) < 4.78 is 7.49. The van der Waals surface area contributed by atoms with E-state index in [-0.39, 0.29) is 12.5 Å². The molecule has 0 aliphatic carbocycles. The molecular weight excluding hydrogens is 372 g/mol. The van der Waals surface area contributed by atoms with Crippen molar-refractivity contribution in [2.45, 2.75) is 20.4 Å². The third kappa shape index (κ3) is 3.71. The molecule has 1 heterocycles. The molecule has 3 rings (SSSR count). The van der Waals surface area contributed by atoms with E-state index in [0.717, 1.165) is 21.3 Å². The zero-order chi connectivity index (χ0) is 18.8. The van der Waals surface area contributed by atoms with E-state index in [0.29, 0.717) is 15.4 Å². The first-order valence-electron chi connectivity index (χ1n) is 7.91. The van der Waals surface area contributed by atoms with Crippen molar-refractivity contribution in [2.24, 2.45) is 4.99 Å². The fourth-order valence-electron chi connectivity index (χ4n) is 2.76. The van der Waals surface area contributed by atoms with Crippen LogP contribution in [-0.4, -0.2) is 23.6 Å². The van der Waals surface area contributed by atoms with Crippen molar-refractivity contribution in [3.8, 4) is 0 Å². The van der Waals surface area contributed by atoms with Gasteiger partial charge < -0.3 is 9.30 Å². The third-order valence-corrected chi connectivity index (χ3v) is 5.19. The van der Waals surface area contributed by atoms with E-state index in [2.05, 4.69) is 4.99 Å². The van der Waals surface area contributed by atoms with Crippen LogP contribution in [0, 0.1) is 13.8 Å². The highest BCUT2D eigenvalue weighted by molar-refractivity contribution is 7.16. The van der Waals surface area contributed by atoms with Crippen molar-refractivity contribution < 1.29 is 14.3 Å². The zero-order valence-corrected chi connectivity index (χ0v) is 16.1. The Balaban J connectivity index is 2.18. The molecule has 0 aliphatic rings. The number of ether oxygens (including phenoxy) is 1. The second-order valence-corrected chi connectivity index (χ2v) is 7.34. The third-order valence-electron chi connectivity index (χ3n) is 3.92. The lowest BCUT2D eigenvalue weighted by Crippen LogP contribution is -2.22. The van der Waals surface area contributed by atoms with Gasteiger partial charge >= 0.3 is 5.97 Å². The van der Waals surface area contributed by atoms with E-state index in [4.69, 9.17) is 16.3 Å². The van der Waals surface area contributed by atoms with Gasteiger partial charge in [-0.3, -0.25) is 9.59 Å². The van der Waals surface area contributed by atoms with Crippen LogP contribution < -0.4 is 4.80 Å². The molecule has 26 heavy (non-hydrogen) atoms. The molecule has 0 bridgehead atoms. The normalized spacial score (nSPS) is 11.8. The highest BCUT2D eigenvalue weighted by Crippen LogP contribution is 2.23. The Kier molecular flexibility index (Phi) is 5.25. The number of carbonyl (C=O) groups is 2. The van der Waals surface area contributed by atoms with Gasteiger partial charge in [-0.2, -0.15) is 4.99 Å². The number of hydrogen-bond donors (Lipinski definition) is 0. The smallest absolute Gasteiger partial charge is 0.325 e. The van der Waals surface area contributed by atoms with Crippen LogP contribution in [0.5, 0.6) is 0 Å². The first-order valence-corrected chi connectivity index (χ1v) is 9.10. The monoisotopic (exact) mass is 388 g/mol. The first-order chi connectivity index (χ1) is 12.4. The van der Waals surface area contributed by atoms with Gasteiger partial charge in [0.2, 0.25) is 0 Å². The number of methoxy groups -OCH3 is 1. The molecule has 5 nitrogen and oxygen atoms in total. The fourth-order valence-corrected chi connectivity index (χ4v) is 4.09. The number of aromatic nitrogens is 1. The molecule has 0 aliphatic heterocycles. The van der Waals surface area contributed by atoms with Crippen molar-refractivity contribution >= 4 is 45.0 Å². The number of benzene rings is 2. The highest BCUT2D eigenvalue weighted by Gasteiger charge is 2.14. The predicted octanol–water partition coefficient (Wildman–Crippen LogP) is 3.89. The van der Waals surface area contributed by atoms with E-state index in [1.54, 1.807) is 28.8 Å². The zero-order valence-electron chi connectivity index (χ0n) is 14.6. The van der Waals surface area contributed by atoms with E-state index < -0.39 is 5.97 Å². The van der Waals surface area contributed by atoms with Gasteiger partial charge in [-0.05, 0) is 55.3 Å². The maximum atomic E-state index is 12.5. The summed E-state index contributed by atoms with van der Waals surface area (Å²) in [4.78, 5) is 29.1. The number of esters is 1. The molecule has 0 atom stereocenters. The van der Waals surface area contributed by atoms with Gasteiger partial charge in [0.1, 0.15) is 6.54 Å². The summed E-state index contributed by atoms with van der Waals surface area (Å²) >= 11 is 7.24. The fraction of sp³-hybridized carbons (Fsp3) is 0.211. The standard InChI is InChI=1S/C19H17ClN2O3S/c1-11-8-12(2)17-15(9-11)26-19(22(17)10-16(23)25-3)21-18(24)13-4-6-14(20)7-5-13/h4-9H,10H2,1-3H3. The summed E-state index contributed by atoms with van der Waals surface area (Å²) in [6.07, 6.45) is 0. The van der Waals surface area contributed by atoms with Crippen LogP contribution >= 0.6 is 22.9 Å². The summed E-state index contributed by atoms with van der Waals surface area (Å²) in [5.74, 6) is -0.786. The molecule has 0 radical (unpaired) electrons. The molecule has 3 aromatic rings. The van der Waals surface area contributed by atoms with E-state index in [9.17, 15) is 9.59 Å². The molecule has 7 heteroatoms. The molecule has 1 amide bonds. The number of fused-ring (bicyclic) bond motifs is 1. The molecule has 0 unspecified atom stereocenters. The number of rotatable bonds is 3. The Hall–Kier alpha value is -2.44. The lowest BCUT2D eigenvalue weighted by atomic mass is 10.1. The molecule has 0 saturated carbocycles. The van der Waals surface area contributed by atoms with Gasteiger partial charge in [-0.25, -0.2) is 0 Å². The van der Waals surface area contributed by atoms with E-state index in [1.165, 1.54) is 18.4 Å². The van der Waals surface area contributed by atoms with Gasteiger partial charge in [0.25, 0.3) is 5.91 Å². The second kappa shape index (κ2) is 7.43. The molecule has 0 spiro atoms. The Morgan fingerprint density at radius 2 is 1.88 bits per heavy atom. The lowest BCUT2D eigenvalue weighted by Gasteiger charge is -2.06. The average Bonchev–Trinajstić information content (AvgIpc) is 2.92. The average molecular weight is 389 g/mol. The molecule has 2 aromatic carbocycles. The van der Waals surface area contributed by atoms with Gasteiger partial charge in [0.15, 0.2) is 4.80 Å². The van der Waals surface area contributed by atoms with Crippen LogP contribution in [0.15, 0.2) is 41.4 Å². The molecule has 0 fully saturated rings. The van der Waals surface area contributed by atoms with Crippen LogP contribution in [0.1, 0.15) is 21.5 Å². The van der Waals surface area contributed by atoms with Crippen LogP contribution in [0.2, 0.25) is 5.02 Å². The van der Waals surface area contributed by atoms with Crippen LogP contribution in [0.3, 0.4) is 0 Å². The number of amides is 1. The maximum Gasteiger partial charge on any atom is 0.325 e. The number of thiazole rings is 1. The maximum absolute atomic E-state index is 12.5. The van der Waals surface area contributed by atoms with Crippen molar-refractivity contribution in [3.63, 3.8) is 0 Å². The highest BCUT2D eigenvalue weighted by atomic mass is 35.5. The summed E-state index contributed by atoms with van der Waals surface area (Å²) in [5.41, 5.74) is 3.44. The minimum Gasteiger partial charge on any atom is -0.468 e. The minimum atomic E-state index is -0.398. The molecule has 0 N–H and O–H groups in total. The largest absolute Gasteiger partial charge is 0.468 e. The summed E-state index contributed by atoms with van der Waals surface area (Å²) in [6, 6.07) is 10.6. The van der Waals surface area contributed by atoms with Gasteiger partial charge in [-0.1, -0.05) is 29.0 Å². The van der Waals surface area contributed by atoms with Gasteiger partial charge in [0.05, 0.1) is 17.3 Å². The number of carbonyl (C=O) groups excluding carboxylic acids is 2.